The SMILES string of the molecule is CCN1C(=CC=CC2=[N+](CCCCCC(=O)O)c3ccc4c(S(=O)(=O)[O-])cc(S(=O)(=O)O)cc4c3C2(C)CCOCCOCCOCCOCCOCCOC)C(C)(CCOCCOCCOCCOCCOCCOC)c2c1ccc1c(S(=O)(=O)O)cc(S(=O)(=O)O)cc21. The molecule has 0 saturated carbocycles. The van der Waals surface area contributed by atoms with Crippen molar-refractivity contribution in [3.63, 3.8) is 0 Å². The molecule has 0 aliphatic carbocycles. The van der Waals surface area contributed by atoms with Gasteiger partial charge in [-0.1, -0.05) is 12.1 Å². The molecule has 4 N–H and O–H groups in total. The molecule has 2 atom stereocenters. The van der Waals surface area contributed by atoms with E-state index in [0.717, 1.165) is 12.1 Å². The molecule has 0 radical (unpaired) electrons. The quantitative estimate of drug-likeness (QED) is 0.0220. The van der Waals surface area contributed by atoms with Gasteiger partial charge in [-0.15, -0.1) is 0 Å². The van der Waals surface area contributed by atoms with E-state index in [1.165, 1.54) is 12.1 Å². The zero-order valence-corrected chi connectivity index (χ0v) is 57.6. The van der Waals surface area contributed by atoms with Crippen LogP contribution in [0, 0.1) is 0 Å². The molecular weight excluding hydrogens is 1330 g/mol. The van der Waals surface area contributed by atoms with Crippen molar-refractivity contribution < 1.29 is 123 Å². The van der Waals surface area contributed by atoms with Gasteiger partial charge in [0.15, 0.2) is 5.71 Å². The highest BCUT2D eigenvalue weighted by Gasteiger charge is 2.50. The second-order valence-electron chi connectivity index (χ2n) is 22.5. The van der Waals surface area contributed by atoms with Crippen molar-refractivity contribution in [1.82, 2.24) is 0 Å². The number of hydrogen-bond donors (Lipinski definition) is 4. The minimum Gasteiger partial charge on any atom is -0.744 e. The number of benzene rings is 4. The van der Waals surface area contributed by atoms with Crippen molar-refractivity contribution in [1.29, 1.82) is 0 Å². The van der Waals surface area contributed by atoms with Crippen LogP contribution in [0.15, 0.2) is 92.0 Å². The molecule has 28 nitrogen and oxygen atoms in total. The zero-order valence-electron chi connectivity index (χ0n) is 54.4. The molecule has 0 bridgehead atoms. The number of anilines is 1. The van der Waals surface area contributed by atoms with Crippen LogP contribution in [0.1, 0.15) is 70.4 Å². The molecule has 2 heterocycles. The van der Waals surface area contributed by atoms with Crippen LogP contribution in [-0.2, 0) is 113 Å². The molecule has 0 fully saturated rings. The van der Waals surface area contributed by atoms with E-state index in [9.17, 15) is 61.8 Å². The van der Waals surface area contributed by atoms with E-state index >= 15 is 0 Å². The molecule has 4 aromatic rings. The fraction of sp³-hybridized carbons (Fsp3) is 0.587. The Labute approximate surface area is 556 Å². The molecule has 0 aromatic heterocycles. The lowest BCUT2D eigenvalue weighted by Gasteiger charge is -2.30. The number of likely N-dealkylation sites (N-methyl/N-ethyl adjacent to an activating group) is 1. The highest BCUT2D eigenvalue weighted by atomic mass is 32.2. The van der Waals surface area contributed by atoms with Crippen LogP contribution in [0.2, 0.25) is 0 Å². The Morgan fingerprint density at radius 1 is 0.516 bits per heavy atom. The molecule has 32 heteroatoms. The molecule has 2 unspecified atom stereocenters. The number of carbonyl (C=O) groups is 1. The summed E-state index contributed by atoms with van der Waals surface area (Å²) < 4.78 is 217. The maximum Gasteiger partial charge on any atom is 0.303 e. The van der Waals surface area contributed by atoms with Crippen LogP contribution in [-0.4, -0.2) is 246 Å². The van der Waals surface area contributed by atoms with E-state index in [-0.39, 0.29) is 107 Å². The normalized spacial score (nSPS) is 17.4. The molecule has 2 aliphatic heterocycles. The predicted octanol–water partition coefficient (Wildman–Crippen LogP) is 6.12. The predicted molar refractivity (Wildman–Crippen MR) is 347 cm³/mol. The van der Waals surface area contributed by atoms with Crippen molar-refractivity contribution in [2.45, 2.75) is 89.7 Å². The van der Waals surface area contributed by atoms with Crippen molar-refractivity contribution in [3.05, 3.63) is 83.6 Å². The number of nitrogens with zero attached hydrogens (tertiary/aromatic N) is 2. The van der Waals surface area contributed by atoms with Crippen LogP contribution in [0.4, 0.5) is 11.4 Å². The highest BCUT2D eigenvalue weighted by Crippen LogP contribution is 2.54. The number of allylic oxidation sites excluding steroid dienone is 4. The van der Waals surface area contributed by atoms with Crippen LogP contribution < -0.4 is 4.90 Å². The summed E-state index contributed by atoms with van der Waals surface area (Å²) in [7, 11) is -17.5. The molecule has 95 heavy (non-hydrogen) atoms. The second kappa shape index (κ2) is 37.8. The number of fused-ring (bicyclic) bond motifs is 6. The summed E-state index contributed by atoms with van der Waals surface area (Å²) in [5, 5.41) is 9.48. The van der Waals surface area contributed by atoms with E-state index in [0.29, 0.717) is 158 Å². The van der Waals surface area contributed by atoms with Crippen molar-refractivity contribution in [3.8, 4) is 0 Å². The first-order valence-corrected chi connectivity index (χ1v) is 36.9. The third kappa shape index (κ3) is 22.5. The Morgan fingerprint density at radius 2 is 0.926 bits per heavy atom. The first-order valence-electron chi connectivity index (χ1n) is 31.1. The van der Waals surface area contributed by atoms with Gasteiger partial charge in [-0.05, 0) is 105 Å². The Bertz CT molecular complexity index is 3750. The number of rotatable bonds is 49. The molecule has 0 saturated heterocycles. The van der Waals surface area contributed by atoms with Crippen molar-refractivity contribution >= 4 is 85.1 Å². The van der Waals surface area contributed by atoms with Crippen molar-refractivity contribution in [2.75, 3.05) is 178 Å². The second-order valence-corrected chi connectivity index (χ2v) is 28.1. The molecule has 0 amide bonds. The van der Waals surface area contributed by atoms with E-state index in [1.54, 1.807) is 32.4 Å². The maximum absolute atomic E-state index is 13.0. The topological polar surface area (TPSA) is 375 Å². The lowest BCUT2D eigenvalue weighted by atomic mass is 9.74. The summed E-state index contributed by atoms with van der Waals surface area (Å²) in [6, 6.07) is 9.69. The van der Waals surface area contributed by atoms with Gasteiger partial charge in [0.05, 0.1) is 152 Å². The van der Waals surface area contributed by atoms with Crippen molar-refractivity contribution in [2.24, 2.45) is 0 Å². The number of ether oxygens (including phenoxy) is 12. The van der Waals surface area contributed by atoms with Gasteiger partial charge < -0.3 is 71.4 Å². The van der Waals surface area contributed by atoms with Gasteiger partial charge >= 0.3 is 5.97 Å². The Balaban J connectivity index is 1.36. The van der Waals surface area contributed by atoms with Crippen LogP contribution >= 0.6 is 0 Å². The van der Waals surface area contributed by atoms with Gasteiger partial charge in [0.25, 0.3) is 30.4 Å². The van der Waals surface area contributed by atoms with Crippen LogP contribution in [0.25, 0.3) is 21.5 Å². The summed E-state index contributed by atoms with van der Waals surface area (Å²) in [5.74, 6) is -0.977. The van der Waals surface area contributed by atoms with Gasteiger partial charge in [-0.2, -0.15) is 29.8 Å². The monoisotopic (exact) mass is 1420 g/mol. The number of aliphatic carboxylic acids is 1. The molecule has 6 rings (SSSR count). The summed E-state index contributed by atoms with van der Waals surface area (Å²) >= 11 is 0. The standard InChI is InChI=1S/C63H90N2O26S4/c1-6-64-53-16-14-49-51(43-47(92(68,69)70)45-55(49)94(74,75)76)60(53)62(2,18-21-82-27-29-86-35-37-90-41-39-88-33-31-84-25-23-80-4)57(64)11-10-12-58-63(3,19-22-83-28-30-87-36-38-91-42-40-89-34-32-85-26-24-81-5)61-52-44-48(93(71,72)73)46-56(95(77,78)79)50(52)15-17-54(61)65(58)20-9-7-8-13-59(66)67/h10-12,14-17,43-46H,6-9,13,18-42H2,1-5H3,(H4-,66,67,68,69,70,71,72,73,74,75,76,77,78,79). The third-order valence-electron chi connectivity index (χ3n) is 16.1. The Hall–Kier alpha value is -5.02. The van der Waals surface area contributed by atoms with Gasteiger partial charge in [0, 0.05) is 92.1 Å². The van der Waals surface area contributed by atoms with Gasteiger partial charge in [0.2, 0.25) is 5.69 Å². The molecule has 4 aromatic carbocycles. The summed E-state index contributed by atoms with van der Waals surface area (Å²) in [6.45, 7) is 12.9. The van der Waals surface area contributed by atoms with E-state index in [4.69, 9.17) is 56.8 Å². The van der Waals surface area contributed by atoms with Gasteiger partial charge in [-0.3, -0.25) is 18.5 Å². The molecule has 0 spiro atoms. The first kappa shape index (κ1) is 79.0. The lowest BCUT2D eigenvalue weighted by Crippen LogP contribution is -2.33. The first-order chi connectivity index (χ1) is 45.2. The third-order valence-corrected chi connectivity index (χ3v) is 19.5. The number of hydrogen-bond acceptors (Lipinski definition) is 23. The number of carboxylic acids is 1. The number of carboxylic acid groups (broad SMARTS) is 1. The molecule has 532 valence electrons. The fourth-order valence-corrected chi connectivity index (χ4v) is 14.2. The zero-order chi connectivity index (χ0) is 69.3. The maximum atomic E-state index is 13.0. The van der Waals surface area contributed by atoms with Gasteiger partial charge in [-0.25, -0.2) is 8.42 Å². The average molecular weight is 1420 g/mol. The summed E-state index contributed by atoms with van der Waals surface area (Å²) in [4.78, 5) is 10.3. The summed E-state index contributed by atoms with van der Waals surface area (Å²) in [5.41, 5.74) is 0.618. The lowest BCUT2D eigenvalue weighted by molar-refractivity contribution is -0.438. The largest absolute Gasteiger partial charge is 0.744 e. The van der Waals surface area contributed by atoms with E-state index in [1.807, 2.05) is 42.4 Å². The van der Waals surface area contributed by atoms with E-state index in [2.05, 4.69) is 0 Å². The highest BCUT2D eigenvalue weighted by molar-refractivity contribution is 7.87. The van der Waals surface area contributed by atoms with Gasteiger partial charge in [0.1, 0.15) is 21.6 Å². The molecule has 2 aliphatic rings. The number of methoxy groups -OCH3 is 2. The fourth-order valence-electron chi connectivity index (χ4n) is 11.6. The minimum absolute atomic E-state index is 0.0314. The summed E-state index contributed by atoms with van der Waals surface area (Å²) in [6.07, 6.45) is 6.84. The van der Waals surface area contributed by atoms with E-state index < -0.39 is 76.9 Å². The smallest absolute Gasteiger partial charge is 0.303 e. The van der Waals surface area contributed by atoms with Crippen LogP contribution in [0.5, 0.6) is 0 Å². The Kier molecular flexibility index (Phi) is 31.4. The number of unbranched alkanes of at least 4 members (excludes halogenated alkanes) is 2. The minimum atomic E-state index is -5.38. The average Bonchev–Trinajstić information content (AvgIpc) is 1.60. The molecular formula is C63H90N2O26S4. The Morgan fingerprint density at radius 3 is 1.35 bits per heavy atom. The van der Waals surface area contributed by atoms with Crippen LogP contribution in [0.3, 0.4) is 0 Å².